The van der Waals surface area contributed by atoms with Gasteiger partial charge in [0.2, 0.25) is 0 Å². The van der Waals surface area contributed by atoms with Gasteiger partial charge in [-0.25, -0.2) is 0 Å². The Morgan fingerprint density at radius 3 is 2.32 bits per heavy atom. The summed E-state index contributed by atoms with van der Waals surface area (Å²) in [6, 6.07) is 15.9. The second-order valence-corrected chi connectivity index (χ2v) is 7.19. The van der Waals surface area contributed by atoms with Crippen LogP contribution >= 0.6 is 0 Å². The van der Waals surface area contributed by atoms with Crippen molar-refractivity contribution in [3.05, 3.63) is 66.2 Å². The highest BCUT2D eigenvalue weighted by Gasteiger charge is 2.15. The molecule has 2 aromatic rings. The molecule has 5 heteroatoms. The number of hydrogen-bond donors (Lipinski definition) is 3. The number of nitrogens with one attached hydrogen (secondary N) is 3. The summed E-state index contributed by atoms with van der Waals surface area (Å²) in [4.78, 5) is 12.0. The molecule has 5 nitrogen and oxygen atoms in total. The van der Waals surface area contributed by atoms with Gasteiger partial charge in [-0.3, -0.25) is 15.6 Å². The summed E-state index contributed by atoms with van der Waals surface area (Å²) in [6.07, 6.45) is 6.60. The molecule has 28 heavy (non-hydrogen) atoms. The maximum atomic E-state index is 12.0. The van der Waals surface area contributed by atoms with Gasteiger partial charge in [-0.05, 0) is 54.2 Å². The molecule has 0 heterocycles. The molecule has 0 atom stereocenters. The summed E-state index contributed by atoms with van der Waals surface area (Å²) in [6.45, 7) is 4.18. The maximum absolute atomic E-state index is 12.0. The lowest BCUT2D eigenvalue weighted by molar-refractivity contribution is -0.120. The van der Waals surface area contributed by atoms with Crippen LogP contribution in [0.15, 0.2) is 55.1 Å². The zero-order valence-electron chi connectivity index (χ0n) is 16.5. The topological polar surface area (TPSA) is 62.4 Å². The van der Waals surface area contributed by atoms with Crippen LogP contribution in [-0.2, 0) is 4.79 Å². The third-order valence-electron chi connectivity index (χ3n) is 5.23. The summed E-state index contributed by atoms with van der Waals surface area (Å²) in [7, 11) is 1.62. The quantitative estimate of drug-likeness (QED) is 0.593. The maximum Gasteiger partial charge on any atom is 0.257 e. The first-order valence-electron chi connectivity index (χ1n) is 9.88. The largest absolute Gasteiger partial charge is 0.497 e. The minimum atomic E-state index is -0.171. The molecule has 0 unspecified atom stereocenters. The molecule has 1 aliphatic rings. The van der Waals surface area contributed by atoms with Crippen molar-refractivity contribution < 1.29 is 9.53 Å². The average Bonchev–Trinajstić information content (AvgIpc) is 2.77. The lowest BCUT2D eigenvalue weighted by Gasteiger charge is -2.22. The summed E-state index contributed by atoms with van der Waals surface area (Å²) in [5.74, 6) is 1.30. The molecule has 1 amide bonds. The fourth-order valence-corrected chi connectivity index (χ4v) is 3.55. The number of hydrogen-bond acceptors (Lipinski definition) is 4. The van der Waals surface area contributed by atoms with E-state index in [0.717, 1.165) is 17.0 Å². The van der Waals surface area contributed by atoms with Crippen LogP contribution in [0.3, 0.4) is 0 Å². The Kier molecular flexibility index (Phi) is 6.95. The SMILES string of the molecule is C=C(NNC(=O)CNc1ccc(OC)cc1)c1ccc(C2CCCCC2)cc1. The fraction of sp³-hybridized carbons (Fsp3) is 0.348. The molecule has 0 aliphatic heterocycles. The minimum absolute atomic E-state index is 0.160. The molecule has 1 saturated carbocycles. The smallest absolute Gasteiger partial charge is 0.257 e. The highest BCUT2D eigenvalue weighted by Crippen LogP contribution is 2.32. The zero-order chi connectivity index (χ0) is 19.8. The molecule has 148 valence electrons. The van der Waals surface area contributed by atoms with Crippen LogP contribution in [0, 0.1) is 0 Å². The van der Waals surface area contributed by atoms with Gasteiger partial charge in [0.25, 0.3) is 5.91 Å². The molecule has 2 aromatic carbocycles. The standard InChI is InChI=1S/C23H29N3O2/c1-17(18-8-10-20(11-9-18)19-6-4-3-5-7-19)25-26-23(27)16-24-21-12-14-22(28-2)15-13-21/h8-15,19,24-25H,1,3-7,16H2,2H3,(H,26,27). The van der Waals surface area contributed by atoms with Gasteiger partial charge in [-0.1, -0.05) is 50.1 Å². The van der Waals surface area contributed by atoms with Gasteiger partial charge in [-0.2, -0.15) is 0 Å². The Balaban J connectivity index is 1.43. The monoisotopic (exact) mass is 379 g/mol. The number of amides is 1. The Bertz CT molecular complexity index is 778. The number of benzene rings is 2. The minimum Gasteiger partial charge on any atom is -0.497 e. The number of carbonyl (C=O) groups excluding carboxylic acids is 1. The predicted octanol–water partition coefficient (Wildman–Crippen LogP) is 4.45. The van der Waals surface area contributed by atoms with Gasteiger partial charge in [0.05, 0.1) is 19.4 Å². The molecule has 3 rings (SSSR count). The van der Waals surface area contributed by atoms with Crippen molar-refractivity contribution in [3.63, 3.8) is 0 Å². The summed E-state index contributed by atoms with van der Waals surface area (Å²) >= 11 is 0. The number of anilines is 1. The summed E-state index contributed by atoms with van der Waals surface area (Å²) in [5, 5.41) is 3.07. The molecule has 0 aromatic heterocycles. The molecular weight excluding hydrogens is 350 g/mol. The molecule has 3 N–H and O–H groups in total. The van der Waals surface area contributed by atoms with Crippen LogP contribution in [0.25, 0.3) is 5.70 Å². The first-order chi connectivity index (χ1) is 13.7. The third-order valence-corrected chi connectivity index (χ3v) is 5.23. The van der Waals surface area contributed by atoms with Crippen LogP contribution in [0.1, 0.15) is 49.1 Å². The molecule has 1 aliphatic carbocycles. The Morgan fingerprint density at radius 2 is 1.68 bits per heavy atom. The molecule has 0 bridgehead atoms. The fourth-order valence-electron chi connectivity index (χ4n) is 3.55. The van der Waals surface area contributed by atoms with Crippen LogP contribution in [0.4, 0.5) is 5.69 Å². The van der Waals surface area contributed by atoms with Crippen molar-refractivity contribution in [1.82, 2.24) is 10.9 Å². The van der Waals surface area contributed by atoms with E-state index in [1.54, 1.807) is 7.11 Å². The van der Waals surface area contributed by atoms with Gasteiger partial charge in [0.15, 0.2) is 0 Å². The van der Waals surface area contributed by atoms with Gasteiger partial charge in [0.1, 0.15) is 5.75 Å². The first-order valence-corrected chi connectivity index (χ1v) is 9.88. The van der Waals surface area contributed by atoms with Gasteiger partial charge in [-0.15, -0.1) is 0 Å². The summed E-state index contributed by atoms with van der Waals surface area (Å²) in [5.41, 5.74) is 9.48. The van der Waals surface area contributed by atoms with Crippen molar-refractivity contribution in [2.24, 2.45) is 0 Å². The zero-order valence-corrected chi connectivity index (χ0v) is 16.5. The van der Waals surface area contributed by atoms with E-state index in [1.165, 1.54) is 37.7 Å². The van der Waals surface area contributed by atoms with Crippen LogP contribution in [0.2, 0.25) is 0 Å². The Hall–Kier alpha value is -2.95. The molecule has 0 spiro atoms. The predicted molar refractivity (Wildman–Crippen MR) is 114 cm³/mol. The van der Waals surface area contributed by atoms with E-state index in [1.807, 2.05) is 24.3 Å². The molecule has 0 radical (unpaired) electrons. The first kappa shape index (κ1) is 19.8. The van der Waals surface area contributed by atoms with E-state index in [2.05, 4.69) is 47.0 Å². The lowest BCUT2D eigenvalue weighted by Crippen LogP contribution is -2.39. The van der Waals surface area contributed by atoms with E-state index in [0.29, 0.717) is 11.6 Å². The van der Waals surface area contributed by atoms with Crippen molar-refractivity contribution in [1.29, 1.82) is 0 Å². The average molecular weight is 380 g/mol. The normalized spacial score (nSPS) is 14.2. The second-order valence-electron chi connectivity index (χ2n) is 7.19. The lowest BCUT2D eigenvalue weighted by atomic mass is 9.84. The van der Waals surface area contributed by atoms with Gasteiger partial charge < -0.3 is 10.1 Å². The second kappa shape index (κ2) is 9.83. The van der Waals surface area contributed by atoms with Crippen LogP contribution in [0.5, 0.6) is 5.75 Å². The molecule has 0 saturated heterocycles. The molecule has 1 fully saturated rings. The Morgan fingerprint density at radius 1 is 1.00 bits per heavy atom. The van der Waals surface area contributed by atoms with Crippen molar-refractivity contribution in [2.75, 3.05) is 19.0 Å². The van der Waals surface area contributed by atoms with Gasteiger partial charge >= 0.3 is 0 Å². The van der Waals surface area contributed by atoms with E-state index < -0.39 is 0 Å². The van der Waals surface area contributed by atoms with Crippen molar-refractivity contribution in [3.8, 4) is 5.75 Å². The Labute approximate surface area is 167 Å². The van der Waals surface area contributed by atoms with Crippen LogP contribution in [-0.4, -0.2) is 19.6 Å². The number of ether oxygens (including phenoxy) is 1. The van der Waals surface area contributed by atoms with Crippen LogP contribution < -0.4 is 20.9 Å². The van der Waals surface area contributed by atoms with E-state index in [-0.39, 0.29) is 12.5 Å². The highest BCUT2D eigenvalue weighted by molar-refractivity contribution is 5.81. The van der Waals surface area contributed by atoms with E-state index in [9.17, 15) is 4.79 Å². The number of hydrazine groups is 1. The van der Waals surface area contributed by atoms with E-state index >= 15 is 0 Å². The highest BCUT2D eigenvalue weighted by atomic mass is 16.5. The third kappa shape index (κ3) is 5.52. The number of methoxy groups -OCH3 is 1. The van der Waals surface area contributed by atoms with Crippen molar-refractivity contribution in [2.45, 2.75) is 38.0 Å². The summed E-state index contributed by atoms with van der Waals surface area (Å²) < 4.78 is 5.12. The number of rotatable bonds is 8. The van der Waals surface area contributed by atoms with Crippen molar-refractivity contribution >= 4 is 17.3 Å². The van der Waals surface area contributed by atoms with Gasteiger partial charge in [0, 0.05) is 5.69 Å². The van der Waals surface area contributed by atoms with E-state index in [4.69, 9.17) is 4.74 Å². The molecular formula is C23H29N3O2. The number of carbonyl (C=O) groups is 1.